The lowest BCUT2D eigenvalue weighted by molar-refractivity contribution is 0.302. The SMILES string of the molecule is N#C/C(=C\c1cc(Br)c(OCc2ccccc2Cl)c(Br)c1)C(N)=S. The molecule has 2 aromatic rings. The molecule has 0 amide bonds. The minimum absolute atomic E-state index is 0.0591. The summed E-state index contributed by atoms with van der Waals surface area (Å²) in [6.45, 7) is 0.336. The smallest absolute Gasteiger partial charge is 0.148 e. The molecule has 2 N–H and O–H groups in total. The molecule has 0 aliphatic carbocycles. The van der Waals surface area contributed by atoms with Crippen molar-refractivity contribution in [2.75, 3.05) is 0 Å². The number of thiocarbonyl (C=S) groups is 1. The number of hydrogen-bond donors (Lipinski definition) is 1. The first-order chi connectivity index (χ1) is 11.4. The summed E-state index contributed by atoms with van der Waals surface area (Å²) >= 11 is 17.9. The van der Waals surface area contributed by atoms with Gasteiger partial charge < -0.3 is 10.5 Å². The van der Waals surface area contributed by atoms with Gasteiger partial charge in [-0.25, -0.2) is 0 Å². The first-order valence-electron chi connectivity index (χ1n) is 6.69. The fourth-order valence-corrected chi connectivity index (χ4v) is 3.64. The second kappa shape index (κ2) is 8.63. The Hall–Kier alpha value is -1.39. The molecule has 0 bridgehead atoms. The van der Waals surface area contributed by atoms with Crippen molar-refractivity contribution in [2.45, 2.75) is 6.61 Å². The van der Waals surface area contributed by atoms with E-state index in [1.807, 2.05) is 42.5 Å². The Bertz CT molecular complexity index is 839. The largest absolute Gasteiger partial charge is 0.486 e. The number of ether oxygens (including phenoxy) is 1. The van der Waals surface area contributed by atoms with Gasteiger partial charge in [-0.3, -0.25) is 0 Å². The molecule has 2 aromatic carbocycles. The van der Waals surface area contributed by atoms with Crippen LogP contribution in [0.2, 0.25) is 5.02 Å². The van der Waals surface area contributed by atoms with Gasteiger partial charge in [0.15, 0.2) is 0 Å². The van der Waals surface area contributed by atoms with E-state index in [2.05, 4.69) is 31.9 Å². The van der Waals surface area contributed by atoms with E-state index in [0.717, 1.165) is 20.1 Å². The van der Waals surface area contributed by atoms with Crippen LogP contribution in [-0.4, -0.2) is 4.99 Å². The van der Waals surface area contributed by atoms with Gasteiger partial charge in [-0.2, -0.15) is 5.26 Å². The van der Waals surface area contributed by atoms with E-state index in [1.165, 1.54) is 0 Å². The first-order valence-corrected chi connectivity index (χ1v) is 9.06. The van der Waals surface area contributed by atoms with Crippen molar-refractivity contribution in [2.24, 2.45) is 5.73 Å². The normalized spacial score (nSPS) is 11.0. The van der Waals surface area contributed by atoms with E-state index in [1.54, 1.807) is 6.08 Å². The van der Waals surface area contributed by atoms with Crippen LogP contribution < -0.4 is 10.5 Å². The number of nitrogens with two attached hydrogens (primary N) is 1. The van der Waals surface area contributed by atoms with Crippen LogP contribution in [-0.2, 0) is 6.61 Å². The minimum Gasteiger partial charge on any atom is -0.486 e. The Balaban J connectivity index is 2.26. The fourth-order valence-electron chi connectivity index (χ4n) is 1.89. The third-order valence-corrected chi connectivity index (χ3v) is 4.81. The van der Waals surface area contributed by atoms with Crippen molar-refractivity contribution < 1.29 is 4.74 Å². The van der Waals surface area contributed by atoms with Crippen molar-refractivity contribution in [1.82, 2.24) is 0 Å². The maximum absolute atomic E-state index is 9.04. The number of nitriles is 1. The molecule has 0 radical (unpaired) electrons. The Morgan fingerprint density at radius 3 is 2.46 bits per heavy atom. The number of nitrogens with zero attached hydrogens (tertiary/aromatic N) is 1. The first kappa shape index (κ1) is 18.9. The van der Waals surface area contributed by atoms with Gasteiger partial charge in [0.1, 0.15) is 23.4 Å². The molecule has 2 rings (SSSR count). The summed E-state index contributed by atoms with van der Waals surface area (Å²) in [5, 5.41) is 9.69. The minimum atomic E-state index is 0.0591. The number of halogens is 3. The second-order valence-corrected chi connectivity index (χ2v) is 7.28. The van der Waals surface area contributed by atoms with E-state index in [9.17, 15) is 0 Å². The van der Waals surface area contributed by atoms with E-state index < -0.39 is 0 Å². The molecule has 0 heterocycles. The highest BCUT2D eigenvalue weighted by atomic mass is 79.9. The Morgan fingerprint density at radius 1 is 1.29 bits per heavy atom. The summed E-state index contributed by atoms with van der Waals surface area (Å²) in [5.74, 6) is 0.640. The van der Waals surface area contributed by atoms with E-state index in [0.29, 0.717) is 17.4 Å². The summed E-state index contributed by atoms with van der Waals surface area (Å²) in [6, 6.07) is 13.1. The quantitative estimate of drug-likeness (QED) is 0.338. The highest BCUT2D eigenvalue weighted by molar-refractivity contribution is 9.11. The number of hydrogen-bond acceptors (Lipinski definition) is 3. The summed E-state index contributed by atoms with van der Waals surface area (Å²) in [5.41, 5.74) is 7.41. The van der Waals surface area contributed by atoms with Crippen molar-refractivity contribution >= 4 is 66.7 Å². The van der Waals surface area contributed by atoms with Crippen LogP contribution in [0.5, 0.6) is 5.75 Å². The topological polar surface area (TPSA) is 59.0 Å². The maximum atomic E-state index is 9.04. The fraction of sp³-hybridized carbons (Fsp3) is 0.0588. The lowest BCUT2D eigenvalue weighted by Crippen LogP contribution is -2.09. The number of rotatable bonds is 5. The molecular formula is C17H11Br2ClN2OS. The molecule has 0 spiro atoms. The van der Waals surface area contributed by atoms with E-state index in [4.69, 9.17) is 39.6 Å². The van der Waals surface area contributed by atoms with Crippen LogP contribution in [0, 0.1) is 11.3 Å². The summed E-state index contributed by atoms with van der Waals surface area (Å²) in [7, 11) is 0. The molecule has 0 saturated heterocycles. The lowest BCUT2D eigenvalue weighted by atomic mass is 10.1. The van der Waals surface area contributed by atoms with Crippen LogP contribution in [0.15, 0.2) is 50.9 Å². The lowest BCUT2D eigenvalue weighted by Gasteiger charge is -2.12. The average Bonchev–Trinajstić information content (AvgIpc) is 2.53. The Labute approximate surface area is 167 Å². The molecule has 0 atom stereocenters. The highest BCUT2D eigenvalue weighted by Crippen LogP contribution is 2.36. The molecule has 0 aliphatic rings. The Kier molecular flexibility index (Phi) is 6.81. The summed E-state index contributed by atoms with van der Waals surface area (Å²) in [4.78, 5) is 0.0591. The van der Waals surface area contributed by atoms with Crippen LogP contribution >= 0.6 is 55.7 Å². The summed E-state index contributed by atoms with van der Waals surface area (Å²) < 4.78 is 7.32. The van der Waals surface area contributed by atoms with Gasteiger partial charge in [-0.15, -0.1) is 0 Å². The molecular weight excluding hydrogens is 476 g/mol. The third-order valence-electron chi connectivity index (χ3n) is 3.05. The average molecular weight is 487 g/mol. The van der Waals surface area contributed by atoms with E-state index in [-0.39, 0.29) is 10.6 Å². The van der Waals surface area contributed by atoms with Crippen LogP contribution in [0.1, 0.15) is 11.1 Å². The van der Waals surface area contributed by atoms with Crippen molar-refractivity contribution in [1.29, 1.82) is 5.26 Å². The van der Waals surface area contributed by atoms with Crippen LogP contribution in [0.4, 0.5) is 0 Å². The van der Waals surface area contributed by atoms with Gasteiger partial charge in [-0.1, -0.05) is 42.0 Å². The van der Waals surface area contributed by atoms with Gasteiger partial charge in [0.05, 0.1) is 14.5 Å². The number of benzene rings is 2. The molecule has 122 valence electrons. The molecule has 7 heteroatoms. The molecule has 0 unspecified atom stereocenters. The van der Waals surface area contributed by atoms with Gasteiger partial charge >= 0.3 is 0 Å². The maximum Gasteiger partial charge on any atom is 0.148 e. The zero-order valence-electron chi connectivity index (χ0n) is 12.2. The molecule has 0 fully saturated rings. The predicted octanol–water partition coefficient (Wildman–Crippen LogP) is 5.64. The molecule has 0 aliphatic heterocycles. The van der Waals surface area contributed by atoms with Crippen LogP contribution in [0.25, 0.3) is 6.08 Å². The molecule has 24 heavy (non-hydrogen) atoms. The van der Waals surface area contributed by atoms with Crippen molar-refractivity contribution in [3.8, 4) is 11.8 Å². The predicted molar refractivity (Wildman–Crippen MR) is 108 cm³/mol. The Morgan fingerprint density at radius 2 is 1.92 bits per heavy atom. The van der Waals surface area contributed by atoms with Gasteiger partial charge in [0, 0.05) is 10.6 Å². The van der Waals surface area contributed by atoms with E-state index >= 15 is 0 Å². The van der Waals surface area contributed by atoms with Gasteiger partial charge in [0.2, 0.25) is 0 Å². The van der Waals surface area contributed by atoms with Crippen molar-refractivity contribution in [3.05, 3.63) is 67.1 Å². The highest BCUT2D eigenvalue weighted by Gasteiger charge is 2.11. The zero-order chi connectivity index (χ0) is 17.7. The zero-order valence-corrected chi connectivity index (χ0v) is 17.0. The molecule has 0 saturated carbocycles. The van der Waals surface area contributed by atoms with Crippen molar-refractivity contribution in [3.63, 3.8) is 0 Å². The van der Waals surface area contributed by atoms with Gasteiger partial charge in [0.25, 0.3) is 0 Å². The third kappa shape index (κ3) is 4.81. The molecule has 0 aromatic heterocycles. The van der Waals surface area contributed by atoms with Gasteiger partial charge in [-0.05, 0) is 61.7 Å². The standard InChI is InChI=1S/C17H11Br2ClN2OS/c18-13-6-10(5-12(8-21)17(22)24)7-14(19)16(13)23-9-11-3-1-2-4-15(11)20/h1-7H,9H2,(H2,22,24)/b12-5+. The monoisotopic (exact) mass is 484 g/mol. The summed E-state index contributed by atoms with van der Waals surface area (Å²) in [6.07, 6.45) is 1.62. The second-order valence-electron chi connectivity index (χ2n) is 4.73. The molecule has 3 nitrogen and oxygen atoms in total. The van der Waals surface area contributed by atoms with Crippen LogP contribution in [0.3, 0.4) is 0 Å².